The molecule has 33 heavy (non-hydrogen) atoms. The Kier molecular flexibility index (Phi) is 8.87. The first-order chi connectivity index (χ1) is 16.0. The highest BCUT2D eigenvalue weighted by Gasteiger charge is 2.18. The molecule has 2 aromatic rings. The Labute approximate surface area is 195 Å². The van der Waals surface area contributed by atoms with Gasteiger partial charge in [0, 0.05) is 18.5 Å². The van der Waals surface area contributed by atoms with E-state index in [1.807, 2.05) is 18.2 Å². The monoisotopic (exact) mass is 452 g/mol. The minimum Gasteiger partial charge on any atom is -0.493 e. The number of ether oxygens (including phenoxy) is 2. The summed E-state index contributed by atoms with van der Waals surface area (Å²) in [5.74, 6) is 0.821. The van der Waals surface area contributed by atoms with Crippen LogP contribution in [-0.2, 0) is 33.7 Å². The molecule has 0 saturated carbocycles. The fourth-order valence-electron chi connectivity index (χ4n) is 3.85. The standard InChI is InChI=1S/C26H32N2O5/c1-4-22(29)17-33-23-12-9-18(15-24(23)31-2)13-14-27-26(30)25(28-32-3)21-11-10-19-7-5-6-8-20(19)16-21/h9-12,15-16H,4-8,13-14,17H2,1-3H3,(H,27,30). The summed E-state index contributed by atoms with van der Waals surface area (Å²) in [5.41, 5.74) is 4.64. The van der Waals surface area contributed by atoms with E-state index >= 15 is 0 Å². The van der Waals surface area contributed by atoms with Crippen molar-refractivity contribution < 1.29 is 23.9 Å². The number of nitrogens with zero attached hydrogens (tertiary/aromatic N) is 1. The molecule has 0 unspecified atom stereocenters. The van der Waals surface area contributed by atoms with Gasteiger partial charge in [-0.15, -0.1) is 0 Å². The van der Waals surface area contributed by atoms with Crippen LogP contribution >= 0.6 is 0 Å². The first-order valence-corrected chi connectivity index (χ1v) is 11.4. The number of Topliss-reactive ketones (excluding diaryl/α,β-unsaturated/α-hetero) is 1. The van der Waals surface area contributed by atoms with Crippen LogP contribution in [0.5, 0.6) is 11.5 Å². The van der Waals surface area contributed by atoms with Gasteiger partial charge in [-0.1, -0.05) is 30.3 Å². The molecule has 0 spiro atoms. The molecule has 7 nitrogen and oxygen atoms in total. The number of aryl methyl sites for hydroxylation is 2. The summed E-state index contributed by atoms with van der Waals surface area (Å²) in [6.45, 7) is 2.24. The zero-order valence-corrected chi connectivity index (χ0v) is 19.6. The molecule has 7 heteroatoms. The van der Waals surface area contributed by atoms with Gasteiger partial charge in [0.15, 0.2) is 23.0 Å². The van der Waals surface area contributed by atoms with Crippen molar-refractivity contribution in [3.8, 4) is 11.5 Å². The number of rotatable bonds is 11. The fourth-order valence-corrected chi connectivity index (χ4v) is 3.85. The number of carbonyl (C=O) groups excluding carboxylic acids is 2. The van der Waals surface area contributed by atoms with Gasteiger partial charge in [0.2, 0.25) is 0 Å². The molecule has 1 N–H and O–H groups in total. The molecule has 3 rings (SSSR count). The third-order valence-electron chi connectivity index (χ3n) is 5.73. The summed E-state index contributed by atoms with van der Waals surface area (Å²) in [5, 5.41) is 6.92. The van der Waals surface area contributed by atoms with Gasteiger partial charge in [0.1, 0.15) is 13.7 Å². The Morgan fingerprint density at radius 1 is 1.00 bits per heavy atom. The SMILES string of the molecule is CCC(=O)COc1ccc(CCNC(=O)C(=NOC)c2ccc3c(c2)CCCC3)cc1OC. The van der Waals surface area contributed by atoms with Crippen molar-refractivity contribution in [3.63, 3.8) is 0 Å². The molecule has 0 radical (unpaired) electrons. The molecule has 0 heterocycles. The third-order valence-corrected chi connectivity index (χ3v) is 5.73. The molecule has 0 atom stereocenters. The van der Waals surface area contributed by atoms with Crippen LogP contribution in [0.3, 0.4) is 0 Å². The Bertz CT molecular complexity index is 1020. The highest BCUT2D eigenvalue weighted by atomic mass is 16.6. The van der Waals surface area contributed by atoms with Crippen molar-refractivity contribution >= 4 is 17.4 Å². The molecule has 0 fully saturated rings. The number of hydrogen-bond donors (Lipinski definition) is 1. The zero-order chi connectivity index (χ0) is 23.6. The van der Waals surface area contributed by atoms with Crippen LogP contribution < -0.4 is 14.8 Å². The van der Waals surface area contributed by atoms with Crippen molar-refractivity contribution in [1.29, 1.82) is 0 Å². The number of benzene rings is 2. The van der Waals surface area contributed by atoms with E-state index in [4.69, 9.17) is 14.3 Å². The number of amides is 1. The van der Waals surface area contributed by atoms with E-state index in [0.717, 1.165) is 24.0 Å². The van der Waals surface area contributed by atoms with Gasteiger partial charge in [-0.2, -0.15) is 0 Å². The summed E-state index contributed by atoms with van der Waals surface area (Å²) in [4.78, 5) is 29.3. The lowest BCUT2D eigenvalue weighted by atomic mass is 9.89. The van der Waals surface area contributed by atoms with Crippen molar-refractivity contribution in [2.45, 2.75) is 45.4 Å². The van der Waals surface area contributed by atoms with Gasteiger partial charge in [-0.25, -0.2) is 0 Å². The van der Waals surface area contributed by atoms with Crippen molar-refractivity contribution in [2.24, 2.45) is 5.16 Å². The third kappa shape index (κ3) is 6.57. The number of fused-ring (bicyclic) bond motifs is 1. The van der Waals surface area contributed by atoms with Crippen LogP contribution in [0.15, 0.2) is 41.6 Å². The second-order valence-corrected chi connectivity index (χ2v) is 7.99. The Hall–Kier alpha value is -3.35. The number of hydrogen-bond acceptors (Lipinski definition) is 6. The predicted octanol–water partition coefficient (Wildman–Crippen LogP) is 3.64. The molecular formula is C26H32N2O5. The lowest BCUT2D eigenvalue weighted by molar-refractivity contribution is -0.120. The lowest BCUT2D eigenvalue weighted by Crippen LogP contribution is -2.33. The lowest BCUT2D eigenvalue weighted by Gasteiger charge is -2.17. The second-order valence-electron chi connectivity index (χ2n) is 7.99. The Morgan fingerprint density at radius 2 is 1.79 bits per heavy atom. The maximum Gasteiger partial charge on any atom is 0.273 e. The predicted molar refractivity (Wildman–Crippen MR) is 127 cm³/mol. The first-order valence-electron chi connectivity index (χ1n) is 11.4. The quantitative estimate of drug-likeness (QED) is 0.416. The number of nitrogens with one attached hydrogen (secondary N) is 1. The maximum atomic E-state index is 12.8. The second kappa shape index (κ2) is 12.0. The molecule has 176 valence electrons. The molecule has 1 aliphatic carbocycles. The first kappa shape index (κ1) is 24.3. The maximum absolute atomic E-state index is 12.8. The molecule has 2 aromatic carbocycles. The molecular weight excluding hydrogens is 420 g/mol. The molecule has 0 saturated heterocycles. The van der Waals surface area contributed by atoms with Crippen molar-refractivity contribution in [3.05, 3.63) is 58.7 Å². The topological polar surface area (TPSA) is 86.2 Å². The summed E-state index contributed by atoms with van der Waals surface area (Å²) in [7, 11) is 3.00. The summed E-state index contributed by atoms with van der Waals surface area (Å²) < 4.78 is 10.9. The van der Waals surface area contributed by atoms with Gasteiger partial charge in [0.25, 0.3) is 5.91 Å². The fraction of sp³-hybridized carbons (Fsp3) is 0.423. The van der Waals surface area contributed by atoms with Crippen LogP contribution in [0.2, 0.25) is 0 Å². The largest absolute Gasteiger partial charge is 0.493 e. The van der Waals surface area contributed by atoms with E-state index < -0.39 is 0 Å². The number of ketones is 1. The molecule has 0 bridgehead atoms. The molecule has 0 aliphatic heterocycles. The van der Waals surface area contributed by atoms with Gasteiger partial charge in [0.05, 0.1) is 7.11 Å². The number of oxime groups is 1. The molecule has 0 aromatic heterocycles. The van der Waals surface area contributed by atoms with E-state index in [0.29, 0.717) is 30.9 Å². The van der Waals surface area contributed by atoms with E-state index in [9.17, 15) is 9.59 Å². The highest BCUT2D eigenvalue weighted by molar-refractivity contribution is 6.45. The van der Waals surface area contributed by atoms with Crippen LogP contribution in [0, 0.1) is 0 Å². The van der Waals surface area contributed by atoms with Crippen LogP contribution in [0.1, 0.15) is 48.4 Å². The van der Waals surface area contributed by atoms with E-state index in [1.54, 1.807) is 20.1 Å². The van der Waals surface area contributed by atoms with Crippen molar-refractivity contribution in [1.82, 2.24) is 5.32 Å². The summed E-state index contributed by atoms with van der Waals surface area (Å²) >= 11 is 0. The van der Waals surface area contributed by atoms with Crippen molar-refractivity contribution in [2.75, 3.05) is 27.4 Å². The molecule has 1 aliphatic rings. The smallest absolute Gasteiger partial charge is 0.273 e. The Balaban J connectivity index is 1.61. The van der Waals surface area contributed by atoms with Gasteiger partial charge < -0.3 is 19.6 Å². The van der Waals surface area contributed by atoms with Crippen LogP contribution in [0.4, 0.5) is 0 Å². The van der Waals surface area contributed by atoms with E-state index in [-0.39, 0.29) is 24.0 Å². The highest BCUT2D eigenvalue weighted by Crippen LogP contribution is 2.28. The minimum atomic E-state index is -0.280. The van der Waals surface area contributed by atoms with Crippen LogP contribution in [-0.4, -0.2) is 44.8 Å². The van der Waals surface area contributed by atoms with Gasteiger partial charge in [-0.3, -0.25) is 9.59 Å². The summed E-state index contributed by atoms with van der Waals surface area (Å²) in [6, 6.07) is 11.6. The van der Waals surface area contributed by atoms with E-state index in [2.05, 4.69) is 22.6 Å². The average molecular weight is 453 g/mol. The van der Waals surface area contributed by atoms with E-state index in [1.165, 1.54) is 31.1 Å². The zero-order valence-electron chi connectivity index (χ0n) is 19.6. The van der Waals surface area contributed by atoms with Gasteiger partial charge >= 0.3 is 0 Å². The Morgan fingerprint density at radius 3 is 2.52 bits per heavy atom. The summed E-state index contributed by atoms with van der Waals surface area (Å²) in [6.07, 6.45) is 5.52. The van der Waals surface area contributed by atoms with Gasteiger partial charge in [-0.05, 0) is 67.0 Å². The van der Waals surface area contributed by atoms with Crippen LogP contribution in [0.25, 0.3) is 0 Å². The number of carbonyl (C=O) groups is 2. The normalized spacial score (nSPS) is 13.1. The molecule has 1 amide bonds. The average Bonchev–Trinajstić information content (AvgIpc) is 2.85. The minimum absolute atomic E-state index is 0.0204. The number of methoxy groups -OCH3 is 1.